The zero-order valence-corrected chi connectivity index (χ0v) is 13.7. The molecule has 0 radical (unpaired) electrons. The molecule has 4 unspecified atom stereocenters. The number of carbonyl (C=O) groups excluding carboxylic acids is 1. The van der Waals surface area contributed by atoms with Gasteiger partial charge in [-0.3, -0.25) is 4.79 Å². The summed E-state index contributed by atoms with van der Waals surface area (Å²) in [6.45, 7) is 4.32. The van der Waals surface area contributed by atoms with Crippen LogP contribution >= 0.6 is 0 Å². The van der Waals surface area contributed by atoms with Gasteiger partial charge in [0.2, 0.25) is 5.91 Å². The van der Waals surface area contributed by atoms with Crippen LogP contribution in [0.5, 0.6) is 0 Å². The molecule has 22 heavy (non-hydrogen) atoms. The Kier molecular flexibility index (Phi) is 4.66. The first kappa shape index (κ1) is 15.3. The van der Waals surface area contributed by atoms with Gasteiger partial charge < -0.3 is 5.32 Å². The van der Waals surface area contributed by atoms with Crippen molar-refractivity contribution in [1.29, 1.82) is 0 Å². The molecule has 0 heterocycles. The predicted octanol–water partition coefficient (Wildman–Crippen LogP) is 4.20. The molecule has 0 saturated heterocycles. The van der Waals surface area contributed by atoms with Gasteiger partial charge in [-0.25, -0.2) is 0 Å². The molecule has 0 aliphatic heterocycles. The minimum Gasteiger partial charge on any atom is -0.350 e. The fraction of sp³-hybridized carbons (Fsp3) is 0.550. The summed E-state index contributed by atoms with van der Waals surface area (Å²) in [4.78, 5) is 12.1. The summed E-state index contributed by atoms with van der Waals surface area (Å²) in [5.41, 5.74) is 2.41. The van der Waals surface area contributed by atoms with E-state index in [2.05, 4.69) is 43.4 Å². The van der Waals surface area contributed by atoms with Crippen LogP contribution in [0.25, 0.3) is 6.08 Å². The molecule has 2 heteroatoms. The Bertz CT molecular complexity index is 545. The molecule has 0 aromatic heterocycles. The highest BCUT2D eigenvalue weighted by atomic mass is 16.1. The van der Waals surface area contributed by atoms with E-state index in [1.54, 1.807) is 6.08 Å². The summed E-state index contributed by atoms with van der Waals surface area (Å²) in [7, 11) is 0. The number of nitrogens with one attached hydrogen (secondary N) is 1. The lowest BCUT2D eigenvalue weighted by Gasteiger charge is -2.28. The van der Waals surface area contributed by atoms with Gasteiger partial charge in [0.05, 0.1) is 0 Å². The number of benzene rings is 1. The SMILES string of the molecule is CCc1ccc(/C=C/C(=O)NC(C)C2CC3CCC2C3)cc1. The summed E-state index contributed by atoms with van der Waals surface area (Å²) >= 11 is 0. The summed E-state index contributed by atoms with van der Waals surface area (Å²) in [6.07, 6.45) is 10.1. The van der Waals surface area contributed by atoms with Crippen molar-refractivity contribution < 1.29 is 4.79 Å². The third-order valence-electron chi connectivity index (χ3n) is 5.62. The molecule has 2 saturated carbocycles. The number of rotatable bonds is 5. The summed E-state index contributed by atoms with van der Waals surface area (Å²) in [5, 5.41) is 3.17. The summed E-state index contributed by atoms with van der Waals surface area (Å²) in [6, 6.07) is 8.68. The Morgan fingerprint density at radius 3 is 2.64 bits per heavy atom. The summed E-state index contributed by atoms with van der Waals surface area (Å²) < 4.78 is 0. The highest BCUT2D eigenvalue weighted by Crippen LogP contribution is 2.49. The van der Waals surface area contributed by atoms with Crippen molar-refractivity contribution in [2.75, 3.05) is 0 Å². The van der Waals surface area contributed by atoms with Crippen molar-refractivity contribution >= 4 is 12.0 Å². The lowest BCUT2D eigenvalue weighted by molar-refractivity contribution is -0.117. The van der Waals surface area contributed by atoms with Gasteiger partial charge >= 0.3 is 0 Å². The van der Waals surface area contributed by atoms with Crippen molar-refractivity contribution in [3.8, 4) is 0 Å². The van der Waals surface area contributed by atoms with E-state index in [-0.39, 0.29) is 5.91 Å². The third-order valence-corrected chi connectivity index (χ3v) is 5.62. The van der Waals surface area contributed by atoms with Gasteiger partial charge in [-0.15, -0.1) is 0 Å². The van der Waals surface area contributed by atoms with E-state index in [0.29, 0.717) is 12.0 Å². The molecule has 2 aliphatic rings. The maximum absolute atomic E-state index is 12.1. The van der Waals surface area contributed by atoms with Crippen LogP contribution in [0.15, 0.2) is 30.3 Å². The number of hydrogen-bond donors (Lipinski definition) is 1. The molecule has 2 fully saturated rings. The number of fused-ring (bicyclic) bond motifs is 2. The van der Waals surface area contributed by atoms with Crippen LogP contribution in [0, 0.1) is 17.8 Å². The van der Waals surface area contributed by atoms with Gasteiger partial charge in [0.15, 0.2) is 0 Å². The average Bonchev–Trinajstić information content (AvgIpc) is 3.16. The Labute approximate surface area is 134 Å². The molecular formula is C20H27NO. The topological polar surface area (TPSA) is 29.1 Å². The second-order valence-electron chi connectivity index (χ2n) is 7.06. The minimum atomic E-state index is 0.0369. The molecule has 1 aromatic rings. The fourth-order valence-electron chi connectivity index (χ4n) is 4.32. The Hall–Kier alpha value is -1.57. The second kappa shape index (κ2) is 6.68. The first-order chi connectivity index (χ1) is 10.7. The molecule has 0 spiro atoms. The Morgan fingerprint density at radius 2 is 2.05 bits per heavy atom. The van der Waals surface area contributed by atoms with Gasteiger partial charge in [-0.05, 0) is 67.6 Å². The first-order valence-corrected chi connectivity index (χ1v) is 8.73. The fourth-order valence-corrected chi connectivity index (χ4v) is 4.32. The number of carbonyl (C=O) groups is 1. The first-order valence-electron chi connectivity index (χ1n) is 8.73. The number of hydrogen-bond acceptors (Lipinski definition) is 1. The molecule has 1 N–H and O–H groups in total. The quantitative estimate of drug-likeness (QED) is 0.811. The molecule has 2 aliphatic carbocycles. The van der Waals surface area contributed by atoms with Crippen LogP contribution in [0.3, 0.4) is 0 Å². The van der Waals surface area contributed by atoms with Crippen LogP contribution in [0.1, 0.15) is 50.7 Å². The monoisotopic (exact) mass is 297 g/mol. The average molecular weight is 297 g/mol. The standard InChI is InChI=1S/C20H27NO/c1-3-15-4-6-16(7-5-15)9-11-20(22)21-14(2)19-13-17-8-10-18(19)12-17/h4-7,9,11,14,17-19H,3,8,10,12-13H2,1-2H3,(H,21,22)/b11-9+. The van der Waals surface area contributed by atoms with Gasteiger partial charge in [-0.2, -0.15) is 0 Å². The van der Waals surface area contributed by atoms with Gasteiger partial charge in [0.25, 0.3) is 0 Å². The van der Waals surface area contributed by atoms with E-state index in [4.69, 9.17) is 0 Å². The molecular weight excluding hydrogens is 270 g/mol. The van der Waals surface area contributed by atoms with E-state index in [9.17, 15) is 4.79 Å². The van der Waals surface area contributed by atoms with Crippen molar-refractivity contribution in [2.45, 2.75) is 52.0 Å². The highest BCUT2D eigenvalue weighted by molar-refractivity contribution is 5.91. The van der Waals surface area contributed by atoms with Crippen LogP contribution in [0.4, 0.5) is 0 Å². The molecule has 1 amide bonds. The molecule has 2 nitrogen and oxygen atoms in total. The second-order valence-corrected chi connectivity index (χ2v) is 7.06. The van der Waals surface area contributed by atoms with Crippen molar-refractivity contribution in [3.05, 3.63) is 41.5 Å². The maximum Gasteiger partial charge on any atom is 0.244 e. The maximum atomic E-state index is 12.1. The van der Waals surface area contributed by atoms with Crippen molar-refractivity contribution in [2.24, 2.45) is 17.8 Å². The summed E-state index contributed by atoms with van der Waals surface area (Å²) in [5.74, 6) is 2.52. The number of aryl methyl sites for hydroxylation is 1. The van der Waals surface area contributed by atoms with Crippen LogP contribution < -0.4 is 5.32 Å². The highest BCUT2D eigenvalue weighted by Gasteiger charge is 2.41. The predicted molar refractivity (Wildman–Crippen MR) is 91.4 cm³/mol. The van der Waals surface area contributed by atoms with Crippen LogP contribution in [-0.4, -0.2) is 11.9 Å². The van der Waals surface area contributed by atoms with E-state index in [1.807, 2.05) is 6.08 Å². The zero-order valence-electron chi connectivity index (χ0n) is 13.7. The Balaban J connectivity index is 1.52. The molecule has 1 aromatic carbocycles. The van der Waals surface area contributed by atoms with E-state index >= 15 is 0 Å². The number of amides is 1. The van der Waals surface area contributed by atoms with Crippen molar-refractivity contribution in [1.82, 2.24) is 5.32 Å². The lowest BCUT2D eigenvalue weighted by Crippen LogP contribution is -2.39. The molecule has 3 rings (SSSR count). The van der Waals surface area contributed by atoms with Crippen molar-refractivity contribution in [3.63, 3.8) is 0 Å². The smallest absolute Gasteiger partial charge is 0.244 e. The van der Waals surface area contributed by atoms with E-state index in [1.165, 1.54) is 31.2 Å². The van der Waals surface area contributed by atoms with E-state index in [0.717, 1.165) is 23.8 Å². The van der Waals surface area contributed by atoms with E-state index < -0.39 is 0 Å². The normalized spacial score (nSPS) is 28.2. The molecule has 2 bridgehead atoms. The molecule has 118 valence electrons. The van der Waals surface area contributed by atoms with Crippen LogP contribution in [-0.2, 0) is 11.2 Å². The van der Waals surface area contributed by atoms with Gasteiger partial charge in [0, 0.05) is 12.1 Å². The molecule has 4 atom stereocenters. The largest absolute Gasteiger partial charge is 0.350 e. The third kappa shape index (κ3) is 3.43. The van der Waals surface area contributed by atoms with Gasteiger partial charge in [0.1, 0.15) is 0 Å². The zero-order chi connectivity index (χ0) is 15.5. The lowest BCUT2D eigenvalue weighted by atomic mass is 9.84. The Morgan fingerprint density at radius 1 is 1.27 bits per heavy atom. The van der Waals surface area contributed by atoms with Gasteiger partial charge in [-0.1, -0.05) is 37.6 Å². The minimum absolute atomic E-state index is 0.0369. The van der Waals surface area contributed by atoms with Crippen LogP contribution in [0.2, 0.25) is 0 Å².